The third-order valence-electron chi connectivity index (χ3n) is 4.78. The molecular formula is C17H23NOS. The van der Waals surface area contributed by atoms with E-state index in [2.05, 4.69) is 29.6 Å². The van der Waals surface area contributed by atoms with E-state index >= 15 is 0 Å². The van der Waals surface area contributed by atoms with Crippen molar-refractivity contribution >= 4 is 17.7 Å². The van der Waals surface area contributed by atoms with Gasteiger partial charge in [-0.2, -0.15) is 0 Å². The molecule has 1 aromatic carbocycles. The minimum absolute atomic E-state index is 0.0364. The molecule has 1 N–H and O–H groups in total. The van der Waals surface area contributed by atoms with Crippen molar-refractivity contribution in [1.82, 2.24) is 5.32 Å². The largest absolute Gasteiger partial charge is 0.352 e. The highest BCUT2D eigenvalue weighted by Gasteiger charge is 2.40. The van der Waals surface area contributed by atoms with Crippen molar-refractivity contribution in [2.75, 3.05) is 0 Å². The van der Waals surface area contributed by atoms with Crippen LogP contribution in [0.5, 0.6) is 0 Å². The van der Waals surface area contributed by atoms with E-state index in [1.54, 1.807) is 11.8 Å². The number of nitrogens with one attached hydrogen (secondary N) is 1. The second-order valence-electron chi connectivity index (χ2n) is 6.23. The molecule has 0 heterocycles. The number of carbonyl (C=O) groups is 1. The van der Waals surface area contributed by atoms with Crippen molar-refractivity contribution in [3.05, 3.63) is 35.9 Å². The van der Waals surface area contributed by atoms with Gasteiger partial charge in [0.25, 0.3) is 0 Å². The van der Waals surface area contributed by atoms with E-state index in [0.717, 1.165) is 17.6 Å². The Labute approximate surface area is 125 Å². The van der Waals surface area contributed by atoms with Crippen LogP contribution in [0, 0.1) is 11.8 Å². The molecule has 2 aliphatic rings. The number of thioether (sulfide) groups is 1. The summed E-state index contributed by atoms with van der Waals surface area (Å²) >= 11 is 1.73. The Balaban J connectivity index is 1.45. The summed E-state index contributed by atoms with van der Waals surface area (Å²) in [5, 5.41) is 3.32. The van der Waals surface area contributed by atoms with Crippen LogP contribution >= 0.6 is 11.8 Å². The molecule has 0 aliphatic heterocycles. The summed E-state index contributed by atoms with van der Waals surface area (Å²) in [6.45, 7) is 2.02. The number of hydrogen-bond donors (Lipinski definition) is 1. The lowest BCUT2D eigenvalue weighted by molar-refractivity contribution is -0.121. The second-order valence-corrected chi connectivity index (χ2v) is 7.56. The smallest absolute Gasteiger partial charge is 0.233 e. The number of carbonyl (C=O) groups excluding carboxylic acids is 1. The summed E-state index contributed by atoms with van der Waals surface area (Å²) < 4.78 is 0. The molecular weight excluding hydrogens is 266 g/mol. The third-order valence-corrected chi connectivity index (χ3v) is 5.99. The Kier molecular flexibility index (Phi) is 4.35. The molecule has 1 amide bonds. The van der Waals surface area contributed by atoms with E-state index in [1.165, 1.54) is 31.2 Å². The summed E-state index contributed by atoms with van der Waals surface area (Å²) in [5.41, 5.74) is 1.29. The zero-order valence-electron chi connectivity index (χ0n) is 12.0. The van der Waals surface area contributed by atoms with Gasteiger partial charge in [-0.3, -0.25) is 4.79 Å². The molecule has 2 nitrogen and oxygen atoms in total. The molecule has 2 fully saturated rings. The highest BCUT2D eigenvalue weighted by molar-refractivity contribution is 7.99. The summed E-state index contributed by atoms with van der Waals surface area (Å²) in [5.74, 6) is 2.78. The Morgan fingerprint density at radius 2 is 2.10 bits per heavy atom. The molecule has 1 aromatic rings. The van der Waals surface area contributed by atoms with Gasteiger partial charge in [0.05, 0.1) is 5.25 Å². The van der Waals surface area contributed by atoms with E-state index in [4.69, 9.17) is 0 Å². The van der Waals surface area contributed by atoms with Gasteiger partial charge in [-0.1, -0.05) is 36.8 Å². The number of amides is 1. The van der Waals surface area contributed by atoms with Gasteiger partial charge in [-0.25, -0.2) is 0 Å². The van der Waals surface area contributed by atoms with E-state index in [9.17, 15) is 4.79 Å². The van der Waals surface area contributed by atoms with E-state index < -0.39 is 0 Å². The quantitative estimate of drug-likeness (QED) is 0.897. The third kappa shape index (κ3) is 3.20. The minimum Gasteiger partial charge on any atom is -0.352 e. The van der Waals surface area contributed by atoms with Gasteiger partial charge in [-0.15, -0.1) is 11.8 Å². The molecule has 4 atom stereocenters. The lowest BCUT2D eigenvalue weighted by Crippen LogP contribution is -2.42. The molecule has 2 aliphatic carbocycles. The van der Waals surface area contributed by atoms with Gasteiger partial charge in [0.15, 0.2) is 0 Å². The predicted octanol–water partition coefficient (Wildman–Crippen LogP) is 3.61. The second kappa shape index (κ2) is 6.21. The monoisotopic (exact) mass is 289 g/mol. The van der Waals surface area contributed by atoms with E-state index in [1.807, 2.05) is 13.0 Å². The lowest BCUT2D eigenvalue weighted by Gasteiger charge is -2.24. The van der Waals surface area contributed by atoms with Gasteiger partial charge in [-0.05, 0) is 43.6 Å². The van der Waals surface area contributed by atoms with Crippen LogP contribution in [0.25, 0.3) is 0 Å². The fraction of sp³-hybridized carbons (Fsp3) is 0.588. The van der Waals surface area contributed by atoms with Crippen molar-refractivity contribution in [2.24, 2.45) is 11.8 Å². The first-order valence-electron chi connectivity index (χ1n) is 7.68. The molecule has 0 spiro atoms. The average molecular weight is 289 g/mol. The first kappa shape index (κ1) is 14.0. The van der Waals surface area contributed by atoms with Crippen LogP contribution in [0.3, 0.4) is 0 Å². The van der Waals surface area contributed by atoms with Crippen LogP contribution in [0.15, 0.2) is 30.3 Å². The zero-order valence-corrected chi connectivity index (χ0v) is 12.9. The van der Waals surface area contributed by atoms with Crippen molar-refractivity contribution in [3.8, 4) is 0 Å². The first-order valence-corrected chi connectivity index (χ1v) is 8.73. The minimum atomic E-state index is 0.0364. The standard InChI is InChI=1S/C17H23NOS/c1-12(20-11-13-5-3-2-4-6-13)17(19)18-16-10-14-7-8-15(16)9-14/h2-6,12,14-16H,7-11H2,1H3,(H,18,19)/t12-,14-,15-,16+/m1/s1. The SMILES string of the molecule is C[C@@H](SCc1ccccc1)C(=O)N[C@H]1C[C@@H]2CC[C@@H]1C2. The van der Waals surface area contributed by atoms with E-state index in [0.29, 0.717) is 6.04 Å². The molecule has 3 rings (SSSR count). The van der Waals surface area contributed by atoms with Crippen LogP contribution in [-0.2, 0) is 10.5 Å². The Morgan fingerprint density at radius 3 is 2.75 bits per heavy atom. The number of rotatable bonds is 5. The van der Waals surface area contributed by atoms with Gasteiger partial charge in [0.1, 0.15) is 0 Å². The Bertz CT molecular complexity index is 461. The molecule has 2 bridgehead atoms. The summed E-state index contributed by atoms with van der Waals surface area (Å²) in [7, 11) is 0. The molecule has 0 saturated heterocycles. The summed E-state index contributed by atoms with van der Waals surface area (Å²) in [4.78, 5) is 12.3. The fourth-order valence-corrected chi connectivity index (χ4v) is 4.45. The number of benzene rings is 1. The van der Waals surface area contributed by atoms with Gasteiger partial charge < -0.3 is 5.32 Å². The Hall–Kier alpha value is -0.960. The maximum atomic E-state index is 12.3. The van der Waals surface area contributed by atoms with Crippen molar-refractivity contribution < 1.29 is 4.79 Å². The lowest BCUT2D eigenvalue weighted by atomic mass is 9.95. The van der Waals surface area contributed by atoms with Crippen molar-refractivity contribution in [1.29, 1.82) is 0 Å². The Morgan fingerprint density at radius 1 is 1.30 bits per heavy atom. The fourth-order valence-electron chi connectivity index (χ4n) is 3.59. The zero-order chi connectivity index (χ0) is 13.9. The molecule has 3 heteroatoms. The normalized spacial score (nSPS) is 29.4. The van der Waals surface area contributed by atoms with Crippen LogP contribution in [0.2, 0.25) is 0 Å². The van der Waals surface area contributed by atoms with E-state index in [-0.39, 0.29) is 11.2 Å². The molecule has 0 unspecified atom stereocenters. The number of fused-ring (bicyclic) bond motifs is 2. The van der Waals surface area contributed by atoms with Crippen LogP contribution < -0.4 is 5.32 Å². The van der Waals surface area contributed by atoms with Crippen molar-refractivity contribution in [2.45, 2.75) is 49.7 Å². The molecule has 2 saturated carbocycles. The van der Waals surface area contributed by atoms with Crippen LogP contribution in [0.4, 0.5) is 0 Å². The van der Waals surface area contributed by atoms with Crippen LogP contribution in [0.1, 0.15) is 38.2 Å². The van der Waals surface area contributed by atoms with Gasteiger partial charge in [0, 0.05) is 11.8 Å². The molecule has 0 aromatic heterocycles. The topological polar surface area (TPSA) is 29.1 Å². The average Bonchev–Trinajstić information content (AvgIpc) is 3.08. The highest BCUT2D eigenvalue weighted by Crippen LogP contribution is 2.44. The first-order chi connectivity index (χ1) is 9.72. The molecule has 108 valence electrons. The van der Waals surface area contributed by atoms with Gasteiger partial charge in [0.2, 0.25) is 5.91 Å². The predicted molar refractivity (Wildman–Crippen MR) is 84.6 cm³/mol. The maximum Gasteiger partial charge on any atom is 0.233 e. The molecule has 0 radical (unpaired) electrons. The maximum absolute atomic E-state index is 12.3. The summed E-state index contributed by atoms with van der Waals surface area (Å²) in [6.07, 6.45) is 5.26. The highest BCUT2D eigenvalue weighted by atomic mass is 32.2. The van der Waals surface area contributed by atoms with Crippen molar-refractivity contribution in [3.63, 3.8) is 0 Å². The van der Waals surface area contributed by atoms with Crippen LogP contribution in [-0.4, -0.2) is 17.2 Å². The summed E-state index contributed by atoms with van der Waals surface area (Å²) in [6, 6.07) is 10.8. The van der Waals surface area contributed by atoms with Gasteiger partial charge >= 0.3 is 0 Å². The molecule has 20 heavy (non-hydrogen) atoms. The number of hydrogen-bond acceptors (Lipinski definition) is 2.